The van der Waals surface area contributed by atoms with Gasteiger partial charge < -0.3 is 9.47 Å². The van der Waals surface area contributed by atoms with Crippen molar-refractivity contribution >= 4 is 8.07 Å². The number of benzene rings is 1. The van der Waals surface area contributed by atoms with Gasteiger partial charge in [0.15, 0.2) is 6.29 Å². The molecule has 2 atom stereocenters. The molecule has 1 aliphatic rings. The maximum absolute atomic E-state index is 6.13. The van der Waals surface area contributed by atoms with E-state index < -0.39 is 8.07 Å². The van der Waals surface area contributed by atoms with Crippen molar-refractivity contribution in [1.29, 1.82) is 0 Å². The molecule has 1 fully saturated rings. The summed E-state index contributed by atoms with van der Waals surface area (Å²) in [4.78, 5) is 0. The molecule has 0 aliphatic carbocycles. The number of aryl methyl sites for hydroxylation is 1. The van der Waals surface area contributed by atoms with Crippen molar-refractivity contribution in [2.24, 2.45) is 0 Å². The molecule has 2 unspecified atom stereocenters. The second-order valence-electron chi connectivity index (χ2n) is 7.67. The molecule has 2 nitrogen and oxygen atoms in total. The third-order valence-corrected chi connectivity index (χ3v) is 4.92. The number of rotatable bonds is 7. The smallest absolute Gasteiger partial charge is 0.159 e. The van der Waals surface area contributed by atoms with Crippen LogP contribution in [-0.4, -0.2) is 27.1 Å². The zero-order valence-corrected chi connectivity index (χ0v) is 17.0. The van der Waals surface area contributed by atoms with Crippen LogP contribution in [0.15, 0.2) is 42.5 Å². The van der Waals surface area contributed by atoms with Gasteiger partial charge in [0.25, 0.3) is 0 Å². The number of ether oxygens (including phenoxy) is 2. The van der Waals surface area contributed by atoms with Crippen LogP contribution >= 0.6 is 0 Å². The van der Waals surface area contributed by atoms with E-state index in [0.29, 0.717) is 0 Å². The monoisotopic (exact) mass is 356 g/mol. The first kappa shape index (κ1) is 20.0. The molecule has 1 aromatic rings. The van der Waals surface area contributed by atoms with Gasteiger partial charge in [0, 0.05) is 13.0 Å². The predicted molar refractivity (Wildman–Crippen MR) is 108 cm³/mol. The number of hydrogen-bond donors (Lipinski definition) is 0. The second kappa shape index (κ2) is 10.6. The third kappa shape index (κ3) is 9.07. The summed E-state index contributed by atoms with van der Waals surface area (Å²) in [5, 5.41) is 0. The molecule has 1 aromatic carbocycles. The molecule has 0 bridgehead atoms. The molecule has 0 spiro atoms. The van der Waals surface area contributed by atoms with Crippen LogP contribution in [-0.2, 0) is 15.9 Å². The molecule has 136 valence electrons. The Morgan fingerprint density at radius 1 is 1.20 bits per heavy atom. The first-order valence-electron chi connectivity index (χ1n) is 9.52. The van der Waals surface area contributed by atoms with E-state index in [-0.39, 0.29) is 12.4 Å². The largest absolute Gasteiger partial charge is 0.353 e. The SMILES string of the molecule is C[Si](C)(C)C#CC(C/C=C\CCc1ccccc1)OC1CCCCO1. The number of hydrogen-bond acceptors (Lipinski definition) is 2. The zero-order valence-electron chi connectivity index (χ0n) is 16.0. The van der Waals surface area contributed by atoms with Gasteiger partial charge in [-0.2, -0.15) is 0 Å². The van der Waals surface area contributed by atoms with Crippen molar-refractivity contribution in [2.75, 3.05) is 6.61 Å². The summed E-state index contributed by atoms with van der Waals surface area (Å²) in [6, 6.07) is 10.6. The van der Waals surface area contributed by atoms with Gasteiger partial charge in [-0.3, -0.25) is 0 Å². The van der Waals surface area contributed by atoms with Crippen LogP contribution in [0.3, 0.4) is 0 Å². The fraction of sp³-hybridized carbons (Fsp3) is 0.545. The van der Waals surface area contributed by atoms with E-state index in [2.05, 4.69) is 73.6 Å². The highest BCUT2D eigenvalue weighted by atomic mass is 28.3. The molecule has 1 heterocycles. The Balaban J connectivity index is 1.83. The van der Waals surface area contributed by atoms with Crippen LogP contribution in [0.25, 0.3) is 0 Å². The van der Waals surface area contributed by atoms with Crippen molar-refractivity contribution in [2.45, 2.75) is 70.6 Å². The van der Waals surface area contributed by atoms with E-state index in [1.165, 1.54) is 12.0 Å². The normalized spacial score (nSPS) is 19.4. The fourth-order valence-corrected chi connectivity index (χ4v) is 3.27. The first-order valence-corrected chi connectivity index (χ1v) is 13.0. The molecule has 1 saturated heterocycles. The Bertz CT molecular complexity index is 572. The lowest BCUT2D eigenvalue weighted by atomic mass is 10.1. The molecule has 0 aromatic heterocycles. The zero-order chi connectivity index (χ0) is 18.0. The minimum absolute atomic E-state index is 0.0530. The minimum atomic E-state index is -1.39. The lowest BCUT2D eigenvalue weighted by molar-refractivity contribution is -0.175. The highest BCUT2D eigenvalue weighted by molar-refractivity contribution is 6.83. The highest BCUT2D eigenvalue weighted by Crippen LogP contribution is 2.17. The van der Waals surface area contributed by atoms with Gasteiger partial charge in [-0.25, -0.2) is 0 Å². The fourth-order valence-electron chi connectivity index (χ4n) is 2.68. The van der Waals surface area contributed by atoms with Crippen LogP contribution in [0.2, 0.25) is 19.6 Å². The summed E-state index contributed by atoms with van der Waals surface area (Å²) in [7, 11) is -1.39. The standard InChI is InChI=1S/C22H32O2Si/c1-25(2,3)19-17-21(24-22-16-10-11-18-23-22)15-9-5-8-14-20-12-6-4-7-13-20/h4-7,9,12-13,21-22H,8,10-11,14-16,18H2,1-3H3/b9-5-. The van der Waals surface area contributed by atoms with Gasteiger partial charge >= 0.3 is 0 Å². The predicted octanol–water partition coefficient (Wildman–Crippen LogP) is 5.36. The molecule has 0 N–H and O–H groups in total. The average molecular weight is 357 g/mol. The summed E-state index contributed by atoms with van der Waals surface area (Å²) in [6.07, 6.45) is 10.6. The van der Waals surface area contributed by atoms with Gasteiger partial charge in [-0.1, -0.05) is 68.0 Å². The maximum atomic E-state index is 6.13. The van der Waals surface area contributed by atoms with Gasteiger partial charge in [0.1, 0.15) is 14.2 Å². The van der Waals surface area contributed by atoms with Crippen molar-refractivity contribution < 1.29 is 9.47 Å². The van der Waals surface area contributed by atoms with Gasteiger partial charge in [0.2, 0.25) is 0 Å². The lowest BCUT2D eigenvalue weighted by Crippen LogP contribution is -2.27. The van der Waals surface area contributed by atoms with E-state index in [0.717, 1.165) is 38.7 Å². The van der Waals surface area contributed by atoms with E-state index >= 15 is 0 Å². The molecule has 0 amide bonds. The van der Waals surface area contributed by atoms with Crippen LogP contribution in [0.5, 0.6) is 0 Å². The summed E-state index contributed by atoms with van der Waals surface area (Å²) in [5.74, 6) is 3.37. The Morgan fingerprint density at radius 3 is 2.68 bits per heavy atom. The third-order valence-electron chi connectivity index (χ3n) is 4.02. The summed E-state index contributed by atoms with van der Waals surface area (Å²) in [6.45, 7) is 7.61. The Morgan fingerprint density at radius 2 is 2.00 bits per heavy atom. The lowest BCUT2D eigenvalue weighted by Gasteiger charge is -2.25. The molecule has 25 heavy (non-hydrogen) atoms. The molecule has 1 aliphatic heterocycles. The number of allylic oxidation sites excluding steroid dienone is 1. The Kier molecular flexibility index (Phi) is 8.47. The van der Waals surface area contributed by atoms with Crippen molar-refractivity contribution in [3.8, 4) is 11.5 Å². The van der Waals surface area contributed by atoms with Crippen LogP contribution < -0.4 is 0 Å². The first-order chi connectivity index (χ1) is 12.0. The molecule has 2 rings (SSSR count). The minimum Gasteiger partial charge on any atom is -0.353 e. The Labute approximate surface area is 154 Å². The maximum Gasteiger partial charge on any atom is 0.159 e. The molecule has 3 heteroatoms. The second-order valence-corrected chi connectivity index (χ2v) is 12.4. The summed E-state index contributed by atoms with van der Waals surface area (Å²) >= 11 is 0. The van der Waals surface area contributed by atoms with Crippen LogP contribution in [0.1, 0.15) is 37.7 Å². The van der Waals surface area contributed by atoms with E-state index in [1.54, 1.807) is 0 Å². The van der Waals surface area contributed by atoms with E-state index in [9.17, 15) is 0 Å². The van der Waals surface area contributed by atoms with Crippen molar-refractivity contribution in [3.05, 3.63) is 48.0 Å². The van der Waals surface area contributed by atoms with Crippen molar-refractivity contribution in [1.82, 2.24) is 0 Å². The van der Waals surface area contributed by atoms with Gasteiger partial charge in [-0.15, -0.1) is 5.54 Å². The van der Waals surface area contributed by atoms with Gasteiger partial charge in [-0.05, 0) is 37.7 Å². The molecule has 0 radical (unpaired) electrons. The van der Waals surface area contributed by atoms with Crippen LogP contribution in [0, 0.1) is 11.5 Å². The quantitative estimate of drug-likeness (QED) is 0.372. The summed E-state index contributed by atoms with van der Waals surface area (Å²) < 4.78 is 11.8. The van der Waals surface area contributed by atoms with E-state index in [4.69, 9.17) is 9.47 Å². The molecule has 0 saturated carbocycles. The average Bonchev–Trinajstić information content (AvgIpc) is 2.60. The molecular weight excluding hydrogens is 324 g/mol. The molecular formula is C22H32O2Si. The van der Waals surface area contributed by atoms with Gasteiger partial charge in [0.05, 0.1) is 0 Å². The van der Waals surface area contributed by atoms with E-state index in [1.807, 2.05) is 0 Å². The Hall–Kier alpha value is -1.34. The van der Waals surface area contributed by atoms with Crippen LogP contribution in [0.4, 0.5) is 0 Å². The topological polar surface area (TPSA) is 18.5 Å². The highest BCUT2D eigenvalue weighted by Gasteiger charge is 2.18. The summed E-state index contributed by atoms with van der Waals surface area (Å²) in [5.41, 5.74) is 4.84. The van der Waals surface area contributed by atoms with Crippen molar-refractivity contribution in [3.63, 3.8) is 0 Å².